The average molecular weight is 324 g/mol. The van der Waals surface area contributed by atoms with Crippen LogP contribution in [0.2, 0.25) is 0 Å². The molecule has 2 amide bonds. The molecule has 6 heteroatoms. The van der Waals surface area contributed by atoms with Crippen molar-refractivity contribution in [3.8, 4) is 0 Å². The SMILES string of the molecule is CC(NC(=O)NCc1cnn(Cc2ccccc2)c1)c1ccco1. The Morgan fingerprint density at radius 1 is 1.21 bits per heavy atom. The first-order valence-electron chi connectivity index (χ1n) is 7.84. The second-order valence-electron chi connectivity index (χ2n) is 5.60. The van der Waals surface area contributed by atoms with E-state index in [1.54, 1.807) is 18.5 Å². The van der Waals surface area contributed by atoms with Crippen LogP contribution in [0.5, 0.6) is 0 Å². The van der Waals surface area contributed by atoms with Gasteiger partial charge in [-0.05, 0) is 24.6 Å². The highest BCUT2D eigenvalue weighted by atomic mass is 16.3. The van der Waals surface area contributed by atoms with Gasteiger partial charge in [-0.2, -0.15) is 5.10 Å². The lowest BCUT2D eigenvalue weighted by Crippen LogP contribution is -2.36. The maximum Gasteiger partial charge on any atom is 0.315 e. The molecule has 0 aliphatic carbocycles. The minimum absolute atomic E-state index is 0.180. The monoisotopic (exact) mass is 324 g/mol. The molecule has 24 heavy (non-hydrogen) atoms. The molecule has 2 aromatic heterocycles. The first-order valence-corrected chi connectivity index (χ1v) is 7.84. The zero-order chi connectivity index (χ0) is 16.8. The summed E-state index contributed by atoms with van der Waals surface area (Å²) in [5, 5.41) is 9.97. The Morgan fingerprint density at radius 2 is 2.04 bits per heavy atom. The van der Waals surface area contributed by atoms with Crippen LogP contribution in [0.4, 0.5) is 4.79 Å². The summed E-state index contributed by atoms with van der Waals surface area (Å²) in [6.07, 6.45) is 5.29. The minimum Gasteiger partial charge on any atom is -0.467 e. The van der Waals surface area contributed by atoms with Crippen molar-refractivity contribution in [3.63, 3.8) is 0 Å². The topological polar surface area (TPSA) is 72.1 Å². The molecule has 3 rings (SSSR count). The van der Waals surface area contributed by atoms with Crippen molar-refractivity contribution in [3.05, 3.63) is 78.0 Å². The molecule has 0 fully saturated rings. The number of carbonyl (C=O) groups excluding carboxylic acids is 1. The van der Waals surface area contributed by atoms with Crippen LogP contribution in [0.3, 0.4) is 0 Å². The van der Waals surface area contributed by atoms with E-state index in [0.717, 1.165) is 11.3 Å². The number of aromatic nitrogens is 2. The second kappa shape index (κ2) is 7.50. The molecule has 0 bridgehead atoms. The molecule has 0 radical (unpaired) electrons. The van der Waals surface area contributed by atoms with Gasteiger partial charge in [0.25, 0.3) is 0 Å². The quantitative estimate of drug-likeness (QED) is 0.732. The lowest BCUT2D eigenvalue weighted by molar-refractivity contribution is 0.235. The summed E-state index contributed by atoms with van der Waals surface area (Å²) in [5.74, 6) is 0.723. The molecular weight excluding hydrogens is 304 g/mol. The van der Waals surface area contributed by atoms with Crippen LogP contribution in [0, 0.1) is 0 Å². The van der Waals surface area contributed by atoms with Crippen LogP contribution in [-0.4, -0.2) is 15.8 Å². The Bertz CT molecular complexity index is 765. The number of furan rings is 1. The highest BCUT2D eigenvalue weighted by Gasteiger charge is 2.11. The fraction of sp³-hybridized carbons (Fsp3) is 0.222. The van der Waals surface area contributed by atoms with E-state index in [4.69, 9.17) is 4.42 Å². The number of rotatable bonds is 6. The molecule has 0 spiro atoms. The standard InChI is InChI=1S/C18H20N4O2/c1-14(17-8-5-9-24-17)21-18(23)19-10-16-11-20-22(13-16)12-15-6-3-2-4-7-15/h2-9,11,13-14H,10,12H2,1H3,(H2,19,21,23). The van der Waals surface area contributed by atoms with Gasteiger partial charge in [-0.1, -0.05) is 30.3 Å². The third-order valence-electron chi connectivity index (χ3n) is 3.64. The maximum absolute atomic E-state index is 11.9. The molecule has 1 atom stereocenters. The van der Waals surface area contributed by atoms with Gasteiger partial charge in [-0.25, -0.2) is 4.79 Å². The summed E-state index contributed by atoms with van der Waals surface area (Å²) < 4.78 is 7.12. The van der Waals surface area contributed by atoms with E-state index in [9.17, 15) is 4.79 Å². The molecule has 0 aliphatic heterocycles. The Hall–Kier alpha value is -3.02. The average Bonchev–Trinajstić information content (AvgIpc) is 3.26. The first-order chi connectivity index (χ1) is 11.7. The van der Waals surface area contributed by atoms with E-state index in [2.05, 4.69) is 27.9 Å². The van der Waals surface area contributed by atoms with E-state index in [-0.39, 0.29) is 12.1 Å². The van der Waals surface area contributed by atoms with Crippen molar-refractivity contribution in [2.75, 3.05) is 0 Å². The van der Waals surface area contributed by atoms with Gasteiger partial charge in [-0.15, -0.1) is 0 Å². The Balaban J connectivity index is 1.47. The van der Waals surface area contributed by atoms with Crippen molar-refractivity contribution < 1.29 is 9.21 Å². The molecule has 0 aliphatic rings. The Kier molecular flexibility index (Phi) is 4.96. The summed E-state index contributed by atoms with van der Waals surface area (Å²) in [5.41, 5.74) is 2.14. The Labute approximate surface area is 140 Å². The van der Waals surface area contributed by atoms with Crippen molar-refractivity contribution in [1.82, 2.24) is 20.4 Å². The summed E-state index contributed by atoms with van der Waals surface area (Å²) >= 11 is 0. The predicted octanol–water partition coefficient (Wildman–Crippen LogP) is 3.08. The third kappa shape index (κ3) is 4.25. The van der Waals surface area contributed by atoms with E-state index in [0.29, 0.717) is 13.1 Å². The van der Waals surface area contributed by atoms with Gasteiger partial charge < -0.3 is 15.1 Å². The molecule has 3 aromatic rings. The molecule has 124 valence electrons. The number of urea groups is 1. The van der Waals surface area contributed by atoms with Gasteiger partial charge in [0.2, 0.25) is 0 Å². The van der Waals surface area contributed by atoms with Crippen LogP contribution < -0.4 is 10.6 Å². The van der Waals surface area contributed by atoms with Crippen molar-refractivity contribution in [2.45, 2.75) is 26.1 Å². The van der Waals surface area contributed by atoms with Crippen LogP contribution in [-0.2, 0) is 13.1 Å². The Morgan fingerprint density at radius 3 is 2.79 bits per heavy atom. The number of hydrogen-bond donors (Lipinski definition) is 2. The molecule has 0 saturated carbocycles. The molecule has 1 unspecified atom stereocenters. The largest absolute Gasteiger partial charge is 0.467 e. The van der Waals surface area contributed by atoms with Gasteiger partial charge in [0, 0.05) is 18.3 Å². The number of nitrogens with zero attached hydrogens (tertiary/aromatic N) is 2. The molecule has 2 N–H and O–H groups in total. The maximum atomic E-state index is 11.9. The third-order valence-corrected chi connectivity index (χ3v) is 3.64. The van der Waals surface area contributed by atoms with Gasteiger partial charge in [0.05, 0.1) is 25.0 Å². The second-order valence-corrected chi connectivity index (χ2v) is 5.60. The zero-order valence-electron chi connectivity index (χ0n) is 13.5. The van der Waals surface area contributed by atoms with E-state index < -0.39 is 0 Å². The van der Waals surface area contributed by atoms with Crippen LogP contribution in [0.25, 0.3) is 0 Å². The van der Waals surface area contributed by atoms with Crippen molar-refractivity contribution in [1.29, 1.82) is 0 Å². The fourth-order valence-corrected chi connectivity index (χ4v) is 2.39. The number of carbonyl (C=O) groups is 1. The molecule has 0 saturated heterocycles. The number of amides is 2. The number of benzene rings is 1. The normalized spacial score (nSPS) is 11.9. The first kappa shape index (κ1) is 15.9. The van der Waals surface area contributed by atoms with E-state index in [1.165, 1.54) is 5.56 Å². The van der Waals surface area contributed by atoms with E-state index >= 15 is 0 Å². The van der Waals surface area contributed by atoms with Gasteiger partial charge >= 0.3 is 6.03 Å². The zero-order valence-corrected chi connectivity index (χ0v) is 13.5. The molecule has 1 aromatic carbocycles. The van der Waals surface area contributed by atoms with Crippen LogP contribution >= 0.6 is 0 Å². The smallest absolute Gasteiger partial charge is 0.315 e. The van der Waals surface area contributed by atoms with Gasteiger partial charge in [0.15, 0.2) is 0 Å². The molecule has 2 heterocycles. The lowest BCUT2D eigenvalue weighted by Gasteiger charge is -2.12. The minimum atomic E-state index is -0.241. The van der Waals surface area contributed by atoms with Gasteiger partial charge in [0.1, 0.15) is 5.76 Å². The van der Waals surface area contributed by atoms with Crippen molar-refractivity contribution in [2.24, 2.45) is 0 Å². The summed E-state index contributed by atoms with van der Waals surface area (Å²) in [7, 11) is 0. The fourth-order valence-electron chi connectivity index (χ4n) is 2.39. The lowest BCUT2D eigenvalue weighted by atomic mass is 10.2. The van der Waals surface area contributed by atoms with Crippen molar-refractivity contribution >= 4 is 6.03 Å². The summed E-state index contributed by atoms with van der Waals surface area (Å²) in [4.78, 5) is 11.9. The van der Waals surface area contributed by atoms with Crippen LogP contribution in [0.1, 0.15) is 29.9 Å². The number of nitrogens with one attached hydrogen (secondary N) is 2. The van der Waals surface area contributed by atoms with Gasteiger partial charge in [-0.3, -0.25) is 4.68 Å². The van der Waals surface area contributed by atoms with Crippen LogP contribution in [0.15, 0.2) is 65.5 Å². The number of hydrogen-bond acceptors (Lipinski definition) is 3. The summed E-state index contributed by atoms with van der Waals surface area (Å²) in [6.45, 7) is 3.00. The summed E-state index contributed by atoms with van der Waals surface area (Å²) in [6, 6.07) is 13.3. The highest BCUT2D eigenvalue weighted by Crippen LogP contribution is 2.11. The molecular formula is C18H20N4O2. The van der Waals surface area contributed by atoms with E-state index in [1.807, 2.05) is 42.1 Å². The highest BCUT2D eigenvalue weighted by molar-refractivity contribution is 5.74. The molecule has 6 nitrogen and oxygen atoms in total. The predicted molar refractivity (Wildman–Crippen MR) is 90.3 cm³/mol.